The molecule has 17 heavy (non-hydrogen) atoms. The van der Waals surface area contributed by atoms with Crippen LogP contribution in [0, 0.1) is 11.3 Å². The zero-order chi connectivity index (χ0) is 12.7. The molecule has 1 unspecified atom stereocenters. The minimum atomic E-state index is -0.434. The van der Waals surface area contributed by atoms with Gasteiger partial charge in [0.05, 0.1) is 6.07 Å². The first-order valence-electron chi connectivity index (χ1n) is 5.73. The van der Waals surface area contributed by atoms with Gasteiger partial charge in [-0.25, -0.2) is 4.98 Å². The molecule has 1 aromatic rings. The first-order chi connectivity index (χ1) is 8.06. The van der Waals surface area contributed by atoms with E-state index in [4.69, 9.17) is 5.26 Å². The monoisotopic (exact) mass is 253 g/mol. The van der Waals surface area contributed by atoms with E-state index in [1.807, 2.05) is 6.92 Å². The summed E-state index contributed by atoms with van der Waals surface area (Å²) in [6, 6.07) is 2.67. The van der Waals surface area contributed by atoms with E-state index in [1.165, 1.54) is 6.33 Å². The molecule has 94 valence electrons. The molecule has 1 atom stereocenters. The Balaban J connectivity index is 2.26. The zero-order valence-corrected chi connectivity index (χ0v) is 11.3. The van der Waals surface area contributed by atoms with Gasteiger partial charge in [0.25, 0.3) is 0 Å². The number of nitrogens with zero attached hydrogens (tertiary/aromatic N) is 3. The van der Waals surface area contributed by atoms with Crippen molar-refractivity contribution in [3.8, 4) is 6.07 Å². The van der Waals surface area contributed by atoms with Crippen LogP contribution in [-0.2, 0) is 0 Å². The highest BCUT2D eigenvalue weighted by molar-refractivity contribution is 7.99. The number of aromatic nitrogens is 3. The van der Waals surface area contributed by atoms with Crippen LogP contribution in [-0.4, -0.2) is 32.5 Å². The Morgan fingerprint density at radius 3 is 2.94 bits per heavy atom. The fourth-order valence-electron chi connectivity index (χ4n) is 1.66. The van der Waals surface area contributed by atoms with Crippen LogP contribution in [0.5, 0.6) is 0 Å². The van der Waals surface area contributed by atoms with Crippen molar-refractivity contribution in [2.45, 2.75) is 50.4 Å². The van der Waals surface area contributed by atoms with Gasteiger partial charge in [0.2, 0.25) is 0 Å². The van der Waals surface area contributed by atoms with Crippen LogP contribution in [0.15, 0.2) is 11.5 Å². The van der Waals surface area contributed by atoms with Crippen LogP contribution >= 0.6 is 11.8 Å². The third kappa shape index (κ3) is 5.20. The Hall–Kier alpha value is -1.06. The maximum Gasteiger partial charge on any atom is 0.183 e. The quantitative estimate of drug-likeness (QED) is 0.573. The Morgan fingerprint density at radius 1 is 1.65 bits per heavy atom. The molecular weight excluding hydrogens is 234 g/mol. The fraction of sp³-hybridized carbons (Fsp3) is 0.727. The van der Waals surface area contributed by atoms with Gasteiger partial charge < -0.3 is 0 Å². The average molecular weight is 253 g/mol. The van der Waals surface area contributed by atoms with Gasteiger partial charge in [-0.2, -0.15) is 10.4 Å². The molecule has 0 aliphatic rings. The third-order valence-corrected chi connectivity index (χ3v) is 3.27. The summed E-state index contributed by atoms with van der Waals surface area (Å²) in [6.07, 6.45) is 3.31. The molecule has 0 saturated carbocycles. The van der Waals surface area contributed by atoms with Crippen molar-refractivity contribution in [2.75, 3.05) is 5.75 Å². The Bertz CT molecular complexity index is 356. The molecule has 0 radical (unpaired) electrons. The maximum absolute atomic E-state index is 9.17. The average Bonchev–Trinajstić information content (AvgIpc) is 2.76. The van der Waals surface area contributed by atoms with E-state index >= 15 is 0 Å². The predicted octanol–water partition coefficient (Wildman–Crippen LogP) is 1.96. The zero-order valence-electron chi connectivity index (χ0n) is 10.5. The molecule has 0 aliphatic carbocycles. The molecule has 1 aromatic heterocycles. The summed E-state index contributed by atoms with van der Waals surface area (Å²) in [5.74, 6) is 0.937. The van der Waals surface area contributed by atoms with Crippen LogP contribution in [0.4, 0.5) is 0 Å². The molecule has 1 heterocycles. The Kier molecular flexibility index (Phi) is 5.45. The van der Waals surface area contributed by atoms with Gasteiger partial charge >= 0.3 is 0 Å². The van der Waals surface area contributed by atoms with E-state index in [9.17, 15) is 0 Å². The third-order valence-electron chi connectivity index (χ3n) is 2.31. The molecule has 0 spiro atoms. The minimum absolute atomic E-state index is 0.321. The number of H-pyrrole nitrogens is 1. The standard InChI is InChI=1S/C11H19N5S/c1-9(2)15-11(3,7-12)5-4-6-17-10-13-8-14-16-10/h8-9,15H,4-6H2,1-3H3,(H,13,14,16). The van der Waals surface area contributed by atoms with Crippen LogP contribution in [0.1, 0.15) is 33.6 Å². The Morgan fingerprint density at radius 2 is 2.41 bits per heavy atom. The highest BCUT2D eigenvalue weighted by Gasteiger charge is 2.23. The molecular formula is C11H19N5S. The summed E-state index contributed by atoms with van der Waals surface area (Å²) in [5, 5.41) is 19.9. The van der Waals surface area contributed by atoms with Gasteiger partial charge in [-0.3, -0.25) is 10.4 Å². The second-order valence-corrected chi connectivity index (χ2v) is 5.57. The van der Waals surface area contributed by atoms with Crippen molar-refractivity contribution >= 4 is 11.8 Å². The number of thioether (sulfide) groups is 1. The molecule has 0 aliphatic heterocycles. The lowest BCUT2D eigenvalue weighted by atomic mass is 9.97. The van der Waals surface area contributed by atoms with Gasteiger partial charge in [0.1, 0.15) is 11.9 Å². The normalized spacial score (nSPS) is 14.5. The summed E-state index contributed by atoms with van der Waals surface area (Å²) >= 11 is 1.63. The van der Waals surface area contributed by atoms with E-state index in [1.54, 1.807) is 11.8 Å². The van der Waals surface area contributed by atoms with Crippen LogP contribution < -0.4 is 5.32 Å². The number of rotatable bonds is 7. The first-order valence-corrected chi connectivity index (χ1v) is 6.71. The predicted molar refractivity (Wildman–Crippen MR) is 68.6 cm³/mol. The lowest BCUT2D eigenvalue weighted by Crippen LogP contribution is -2.44. The van der Waals surface area contributed by atoms with Gasteiger partial charge in [0, 0.05) is 11.8 Å². The van der Waals surface area contributed by atoms with E-state index < -0.39 is 5.54 Å². The van der Waals surface area contributed by atoms with Crippen molar-refractivity contribution in [3.05, 3.63) is 6.33 Å². The molecule has 1 rings (SSSR count). The highest BCUT2D eigenvalue weighted by atomic mass is 32.2. The molecule has 0 bridgehead atoms. The van der Waals surface area contributed by atoms with Crippen molar-refractivity contribution in [2.24, 2.45) is 0 Å². The SMILES string of the molecule is CC(C)NC(C)(C#N)CCCSc1ncn[nH]1. The molecule has 0 saturated heterocycles. The minimum Gasteiger partial charge on any atom is -0.297 e. The summed E-state index contributed by atoms with van der Waals surface area (Å²) in [6.45, 7) is 6.06. The molecule has 6 heteroatoms. The van der Waals surface area contributed by atoms with Crippen molar-refractivity contribution in [1.29, 1.82) is 5.26 Å². The van der Waals surface area contributed by atoms with E-state index in [0.29, 0.717) is 6.04 Å². The van der Waals surface area contributed by atoms with E-state index in [0.717, 1.165) is 23.8 Å². The van der Waals surface area contributed by atoms with Crippen LogP contribution in [0.2, 0.25) is 0 Å². The lowest BCUT2D eigenvalue weighted by molar-refractivity contribution is 0.380. The van der Waals surface area contributed by atoms with E-state index in [-0.39, 0.29) is 0 Å². The number of nitriles is 1. The van der Waals surface area contributed by atoms with E-state index in [2.05, 4.69) is 40.4 Å². The molecule has 0 fully saturated rings. The number of hydrogen-bond acceptors (Lipinski definition) is 5. The van der Waals surface area contributed by atoms with Gasteiger partial charge in [-0.15, -0.1) is 0 Å². The van der Waals surface area contributed by atoms with Gasteiger partial charge in [-0.05, 0) is 33.6 Å². The molecule has 2 N–H and O–H groups in total. The smallest absolute Gasteiger partial charge is 0.183 e. The van der Waals surface area contributed by atoms with Crippen molar-refractivity contribution < 1.29 is 0 Å². The van der Waals surface area contributed by atoms with Crippen LogP contribution in [0.25, 0.3) is 0 Å². The largest absolute Gasteiger partial charge is 0.297 e. The molecule has 0 amide bonds. The Labute approximate surface area is 106 Å². The summed E-state index contributed by atoms with van der Waals surface area (Å²) in [5.41, 5.74) is -0.434. The van der Waals surface area contributed by atoms with Crippen LogP contribution in [0.3, 0.4) is 0 Å². The summed E-state index contributed by atoms with van der Waals surface area (Å²) < 4.78 is 0. The second-order valence-electron chi connectivity index (χ2n) is 4.49. The van der Waals surface area contributed by atoms with Gasteiger partial charge in [-0.1, -0.05) is 11.8 Å². The number of hydrogen-bond donors (Lipinski definition) is 2. The highest BCUT2D eigenvalue weighted by Crippen LogP contribution is 2.18. The summed E-state index contributed by atoms with van der Waals surface area (Å²) in [4.78, 5) is 4.03. The topological polar surface area (TPSA) is 77.4 Å². The molecule has 0 aromatic carbocycles. The second kappa shape index (κ2) is 6.62. The molecule has 5 nitrogen and oxygen atoms in total. The van der Waals surface area contributed by atoms with Gasteiger partial charge in [0.15, 0.2) is 5.16 Å². The van der Waals surface area contributed by atoms with Crippen molar-refractivity contribution in [1.82, 2.24) is 20.5 Å². The van der Waals surface area contributed by atoms with Crippen molar-refractivity contribution in [3.63, 3.8) is 0 Å². The maximum atomic E-state index is 9.17. The fourth-order valence-corrected chi connectivity index (χ4v) is 2.38. The summed E-state index contributed by atoms with van der Waals surface area (Å²) in [7, 11) is 0. The lowest BCUT2D eigenvalue weighted by Gasteiger charge is -2.25. The number of aromatic amines is 1. The first kappa shape index (κ1) is 14.0. The number of nitrogens with one attached hydrogen (secondary N) is 2.